The van der Waals surface area contributed by atoms with Crippen molar-refractivity contribution >= 4 is 23.6 Å². The topological polar surface area (TPSA) is 49.4 Å². The second kappa shape index (κ2) is 4.88. The van der Waals surface area contributed by atoms with Crippen LogP contribution in [0.4, 0.5) is 0 Å². The zero-order valence-electron chi connectivity index (χ0n) is 8.70. The molecule has 2 rings (SSSR count). The van der Waals surface area contributed by atoms with Crippen LogP contribution in [-0.2, 0) is 9.59 Å². The average Bonchev–Trinajstić information content (AvgIpc) is 2.67. The number of nitrogens with one attached hydrogen (secondary N) is 1. The van der Waals surface area contributed by atoms with Gasteiger partial charge in [-0.3, -0.25) is 9.59 Å². The van der Waals surface area contributed by atoms with Gasteiger partial charge < -0.3 is 10.2 Å². The normalized spacial score (nSPS) is 27.7. The monoisotopic (exact) mass is 228 g/mol. The molecule has 0 aromatic rings. The lowest BCUT2D eigenvalue weighted by molar-refractivity contribution is -0.130. The first-order valence-corrected chi connectivity index (χ1v) is 6.46. The molecular weight excluding hydrogens is 212 g/mol. The molecule has 0 spiro atoms. The maximum Gasteiger partial charge on any atom is 0.242 e. The lowest BCUT2D eigenvalue weighted by Crippen LogP contribution is -2.38. The van der Waals surface area contributed by atoms with Crippen molar-refractivity contribution in [2.45, 2.75) is 24.5 Å². The molecule has 2 aliphatic rings. The van der Waals surface area contributed by atoms with E-state index in [9.17, 15) is 9.59 Å². The lowest BCUT2D eigenvalue weighted by atomic mass is 10.2. The van der Waals surface area contributed by atoms with Crippen LogP contribution in [0.25, 0.3) is 0 Å². The van der Waals surface area contributed by atoms with Gasteiger partial charge in [-0.25, -0.2) is 0 Å². The third kappa shape index (κ3) is 2.87. The number of rotatable bonds is 2. The Bertz CT molecular complexity index is 264. The molecule has 0 aliphatic carbocycles. The minimum atomic E-state index is -0.00933. The van der Waals surface area contributed by atoms with Crippen molar-refractivity contribution in [2.75, 3.05) is 25.4 Å². The Kier molecular flexibility index (Phi) is 3.51. The van der Waals surface area contributed by atoms with E-state index in [1.165, 1.54) is 18.6 Å². The summed E-state index contributed by atoms with van der Waals surface area (Å²) in [5.74, 6) is 1.27. The standard InChI is InChI=1S/C10H16N2O2S/c13-9-3-4-12(10(14)6-11-9)7-8-2-1-5-15-8/h8H,1-7H2,(H,11,13). The molecule has 84 valence electrons. The quantitative estimate of drug-likeness (QED) is 0.736. The van der Waals surface area contributed by atoms with E-state index in [4.69, 9.17) is 0 Å². The maximum absolute atomic E-state index is 11.6. The van der Waals surface area contributed by atoms with Gasteiger partial charge >= 0.3 is 0 Å². The van der Waals surface area contributed by atoms with Crippen molar-refractivity contribution in [3.8, 4) is 0 Å². The van der Waals surface area contributed by atoms with Crippen molar-refractivity contribution in [3.63, 3.8) is 0 Å². The Morgan fingerprint density at radius 3 is 3.07 bits per heavy atom. The van der Waals surface area contributed by atoms with Crippen LogP contribution in [0.15, 0.2) is 0 Å². The van der Waals surface area contributed by atoms with E-state index in [-0.39, 0.29) is 18.4 Å². The number of carbonyl (C=O) groups is 2. The molecule has 2 saturated heterocycles. The zero-order chi connectivity index (χ0) is 10.7. The zero-order valence-corrected chi connectivity index (χ0v) is 9.52. The summed E-state index contributed by atoms with van der Waals surface area (Å²) in [6.45, 7) is 1.58. The van der Waals surface area contributed by atoms with Gasteiger partial charge in [0.15, 0.2) is 0 Å². The molecule has 15 heavy (non-hydrogen) atoms. The summed E-state index contributed by atoms with van der Waals surface area (Å²) in [4.78, 5) is 24.6. The maximum atomic E-state index is 11.6. The second-order valence-electron chi connectivity index (χ2n) is 4.00. The second-order valence-corrected chi connectivity index (χ2v) is 5.41. The van der Waals surface area contributed by atoms with Gasteiger partial charge in [-0.15, -0.1) is 0 Å². The molecule has 2 amide bonds. The minimum absolute atomic E-state index is 0.00933. The number of hydrogen-bond donors (Lipinski definition) is 1. The predicted molar refractivity (Wildman–Crippen MR) is 59.7 cm³/mol. The lowest BCUT2D eigenvalue weighted by Gasteiger charge is -2.22. The number of carbonyl (C=O) groups excluding carboxylic acids is 2. The Labute approximate surface area is 93.8 Å². The third-order valence-corrected chi connectivity index (χ3v) is 4.23. The molecular formula is C10H16N2O2S. The molecule has 4 nitrogen and oxygen atoms in total. The molecule has 2 fully saturated rings. The molecule has 1 N–H and O–H groups in total. The van der Waals surface area contributed by atoms with Crippen molar-refractivity contribution < 1.29 is 9.59 Å². The minimum Gasteiger partial charge on any atom is -0.347 e. The summed E-state index contributed by atoms with van der Waals surface area (Å²) in [6, 6.07) is 0. The van der Waals surface area contributed by atoms with Gasteiger partial charge in [-0.05, 0) is 18.6 Å². The van der Waals surface area contributed by atoms with Crippen LogP contribution in [0, 0.1) is 0 Å². The number of amides is 2. The average molecular weight is 228 g/mol. The molecule has 0 saturated carbocycles. The predicted octanol–water partition coefficient (Wildman–Crippen LogP) is 0.230. The summed E-state index contributed by atoms with van der Waals surface area (Å²) in [5, 5.41) is 3.20. The first-order chi connectivity index (χ1) is 7.25. The summed E-state index contributed by atoms with van der Waals surface area (Å²) in [7, 11) is 0. The molecule has 1 atom stereocenters. The Morgan fingerprint density at radius 1 is 1.47 bits per heavy atom. The van der Waals surface area contributed by atoms with E-state index < -0.39 is 0 Å². The van der Waals surface area contributed by atoms with Crippen molar-refractivity contribution in [3.05, 3.63) is 0 Å². The molecule has 2 aliphatic heterocycles. The molecule has 5 heteroatoms. The highest BCUT2D eigenvalue weighted by atomic mass is 32.2. The molecule has 0 radical (unpaired) electrons. The van der Waals surface area contributed by atoms with Crippen LogP contribution in [-0.4, -0.2) is 47.4 Å². The summed E-state index contributed by atoms with van der Waals surface area (Å²) >= 11 is 1.95. The van der Waals surface area contributed by atoms with Gasteiger partial charge in [-0.1, -0.05) is 0 Å². The van der Waals surface area contributed by atoms with Gasteiger partial charge in [0.05, 0.1) is 6.54 Å². The fourth-order valence-electron chi connectivity index (χ4n) is 1.96. The molecule has 0 aromatic heterocycles. The summed E-state index contributed by atoms with van der Waals surface area (Å²) in [6.07, 6.45) is 2.91. The summed E-state index contributed by atoms with van der Waals surface area (Å²) < 4.78 is 0. The smallest absolute Gasteiger partial charge is 0.242 e. The van der Waals surface area contributed by atoms with Gasteiger partial charge in [0.2, 0.25) is 11.8 Å². The van der Waals surface area contributed by atoms with Crippen LogP contribution >= 0.6 is 11.8 Å². The number of thioether (sulfide) groups is 1. The van der Waals surface area contributed by atoms with Crippen LogP contribution in [0.1, 0.15) is 19.3 Å². The van der Waals surface area contributed by atoms with Crippen molar-refractivity contribution in [1.82, 2.24) is 10.2 Å². The van der Waals surface area contributed by atoms with Crippen LogP contribution in [0.3, 0.4) is 0 Å². The van der Waals surface area contributed by atoms with Crippen molar-refractivity contribution in [2.24, 2.45) is 0 Å². The third-order valence-electron chi connectivity index (χ3n) is 2.85. The number of hydrogen-bond acceptors (Lipinski definition) is 3. The van der Waals surface area contributed by atoms with E-state index >= 15 is 0 Å². The fraction of sp³-hybridized carbons (Fsp3) is 0.800. The highest BCUT2D eigenvalue weighted by Crippen LogP contribution is 2.26. The van der Waals surface area contributed by atoms with Crippen LogP contribution < -0.4 is 5.32 Å². The molecule has 0 aromatic carbocycles. The Hall–Kier alpha value is -0.710. The SMILES string of the molecule is O=C1CCN(CC2CCCS2)C(=O)CN1. The molecule has 2 heterocycles. The van der Waals surface area contributed by atoms with Gasteiger partial charge in [0.1, 0.15) is 0 Å². The van der Waals surface area contributed by atoms with Crippen LogP contribution in [0.2, 0.25) is 0 Å². The van der Waals surface area contributed by atoms with E-state index in [0.717, 1.165) is 6.54 Å². The Morgan fingerprint density at radius 2 is 2.33 bits per heavy atom. The van der Waals surface area contributed by atoms with E-state index in [2.05, 4.69) is 5.32 Å². The van der Waals surface area contributed by atoms with E-state index in [1.807, 2.05) is 16.7 Å². The highest BCUT2D eigenvalue weighted by Gasteiger charge is 2.24. The molecule has 0 bridgehead atoms. The van der Waals surface area contributed by atoms with Gasteiger partial charge in [0.25, 0.3) is 0 Å². The van der Waals surface area contributed by atoms with E-state index in [1.54, 1.807) is 0 Å². The van der Waals surface area contributed by atoms with Crippen molar-refractivity contribution in [1.29, 1.82) is 0 Å². The largest absolute Gasteiger partial charge is 0.347 e. The van der Waals surface area contributed by atoms with Gasteiger partial charge in [-0.2, -0.15) is 11.8 Å². The first kappa shape index (κ1) is 10.8. The summed E-state index contributed by atoms with van der Waals surface area (Å²) in [5.41, 5.74) is 0. The van der Waals surface area contributed by atoms with E-state index in [0.29, 0.717) is 18.2 Å². The first-order valence-electron chi connectivity index (χ1n) is 5.42. The highest BCUT2D eigenvalue weighted by molar-refractivity contribution is 8.00. The Balaban J connectivity index is 1.88. The number of nitrogens with zero attached hydrogens (tertiary/aromatic N) is 1. The molecule has 1 unspecified atom stereocenters. The van der Waals surface area contributed by atoms with Gasteiger partial charge in [0, 0.05) is 24.8 Å². The fourth-order valence-corrected chi connectivity index (χ4v) is 3.25. The van der Waals surface area contributed by atoms with Crippen LogP contribution in [0.5, 0.6) is 0 Å².